The first-order chi connectivity index (χ1) is 70.2. The molecule has 0 spiro atoms. The molecular weight excluding hydrogens is 1950 g/mol. The van der Waals surface area contributed by atoms with Gasteiger partial charge in [-0.05, 0) is 122 Å². The number of aliphatic hydroxyl groups excluding tert-OH is 2. The summed E-state index contributed by atoms with van der Waals surface area (Å²) in [4.78, 5) is 267. The Bertz CT molecular complexity index is 4540. The van der Waals surface area contributed by atoms with Crippen LogP contribution in [0.5, 0.6) is 0 Å². The summed E-state index contributed by atoms with van der Waals surface area (Å²) in [6.07, 6.45) is -1.40. The average Bonchev–Trinajstić information content (AvgIpc) is 1.68. The lowest BCUT2D eigenvalue weighted by Gasteiger charge is -2.27. The smallest absolute Gasteiger partial charge is 0.246 e. The van der Waals surface area contributed by atoms with Gasteiger partial charge in [-0.15, -0.1) is 11.8 Å². The van der Waals surface area contributed by atoms with Crippen molar-refractivity contribution in [3.8, 4) is 0 Å². The number of benzene rings is 2. The molecule has 2 aromatic rings. The molecule has 3 rings (SSSR count). The van der Waals surface area contributed by atoms with Crippen LogP contribution in [-0.4, -0.2) is 387 Å². The second-order valence-corrected chi connectivity index (χ2v) is 34.8. The van der Waals surface area contributed by atoms with E-state index in [0.717, 1.165) is 29.1 Å². The molecule has 0 saturated carbocycles. The van der Waals surface area contributed by atoms with E-state index in [1.807, 2.05) is 0 Å². The summed E-state index contributed by atoms with van der Waals surface area (Å²) in [5, 5.41) is 80.1. The van der Waals surface area contributed by atoms with Crippen molar-refractivity contribution in [2.24, 2.45) is 40.1 Å². The fourth-order valence-electron chi connectivity index (χ4n) is 13.4. The summed E-state index contributed by atoms with van der Waals surface area (Å²) in [7, 11) is 0. The first-order valence-corrected chi connectivity index (χ1v) is 49.0. The number of unbranched alkanes of at least 4 members (excludes halogenated alkanes) is 2. The van der Waals surface area contributed by atoms with Crippen molar-refractivity contribution in [3.63, 3.8) is 0 Å². The van der Waals surface area contributed by atoms with Crippen LogP contribution in [0.15, 0.2) is 60.7 Å². The van der Waals surface area contributed by atoms with E-state index in [-0.39, 0.29) is 227 Å². The molecule has 2 aromatic carbocycles. The van der Waals surface area contributed by atoms with Gasteiger partial charge in [-0.3, -0.25) is 112 Å². The minimum Gasteiger partial charge on any atom is -0.394 e. The maximum atomic E-state index is 14.4. The van der Waals surface area contributed by atoms with Crippen molar-refractivity contribution >= 4 is 142 Å². The second-order valence-electron chi connectivity index (χ2n) is 33.6. The lowest BCUT2D eigenvalue weighted by molar-refractivity contribution is -0.139. The fourth-order valence-corrected chi connectivity index (χ4v) is 14.6. The van der Waals surface area contributed by atoms with Gasteiger partial charge < -0.3 is 174 Å². The van der Waals surface area contributed by atoms with Crippen LogP contribution >= 0.6 is 11.8 Å². The molecule has 0 aromatic heterocycles. The number of nitrogens with one attached hydrogen (secondary N) is 20. The normalized spacial score (nSPS) is 14.5. The van der Waals surface area contributed by atoms with Crippen LogP contribution < -0.4 is 136 Å². The number of primary amides is 2. The minimum atomic E-state index is -1.84. The molecular formula is C90H148N28O28S. The number of guanidine groups is 2. The van der Waals surface area contributed by atoms with E-state index in [1.165, 1.54) is 13.8 Å². The van der Waals surface area contributed by atoms with Crippen LogP contribution in [-0.2, 0) is 137 Å². The van der Waals surface area contributed by atoms with Gasteiger partial charge in [0, 0.05) is 64.3 Å². The van der Waals surface area contributed by atoms with Gasteiger partial charge in [0.15, 0.2) is 11.9 Å². The largest absolute Gasteiger partial charge is 0.394 e. The molecule has 1 unspecified atom stereocenters. The number of carbonyl (C=O) groups excluding carboxylic acids is 20. The summed E-state index contributed by atoms with van der Waals surface area (Å²) in [6.45, 7) is 1.78. The van der Waals surface area contributed by atoms with Gasteiger partial charge in [-0.25, -0.2) is 0 Å². The molecule has 1 aliphatic heterocycles. The standard InChI is InChI=1S/C90H148N28O28S/c1-54(108-71(124)48-107-87(139)76(56(3)120)117-85(137)64(44-58-19-8-5-9-20-58)110-72(125)47-105-70(123)46-106-80(132)59(93)43-57-17-6-4-7-18-57)78(130)111-62(23-14-28-103-89(96)97)81(133)113-60(21-10-12-26-91)83(135)115-65(49-119)86(138)109-55(2)79(131)112-63(24-15-29-104-90(98)99)82(134)114-61(22-11-13-27-92)84(136)116-66(77(95)129)53-147-67-45-75(128)118(88(67)140)33-16-25-69(122)100-30-34-141-38-41-145-51-74(127)102-32-36-143-39-42-146-52-73(126)101-31-35-142-37-40-144-50-68(94)121/h4-9,17-20,54-56,59-67,76,119-120H,10-16,21-53,91-93H2,1-3H3,(H2,94,121)(H2,95,129)(H,100,122)(H,101,126)(H,102,127)(H,105,123)(H,106,132)(H,107,139)(H,108,124)(H,109,138)(H,110,125)(H,111,130)(H,112,131)(H,113,133)(H,114,134)(H,115,135)(H,116,136)(H,117,137)(H4,96,97,103)(H4,98,99,104)/t54-,55-,56+,59-,60-,61-,62-,63-,64-,65-,66-,67?,76-/m0/s1. The number of carbonyl (C=O) groups is 20. The Balaban J connectivity index is 1.57. The van der Waals surface area contributed by atoms with E-state index in [9.17, 15) is 106 Å². The van der Waals surface area contributed by atoms with Gasteiger partial charge in [-0.1, -0.05) is 60.7 Å². The van der Waals surface area contributed by atoms with Crippen molar-refractivity contribution in [1.29, 1.82) is 10.8 Å². The van der Waals surface area contributed by atoms with Crippen molar-refractivity contribution in [1.82, 2.24) is 101 Å². The van der Waals surface area contributed by atoms with E-state index in [1.54, 1.807) is 60.7 Å². The molecule has 147 heavy (non-hydrogen) atoms. The monoisotopic (exact) mass is 2100 g/mol. The number of thioether (sulfide) groups is 1. The molecule has 1 fully saturated rings. The predicted octanol–water partition coefficient (Wildman–Crippen LogP) is -12.7. The van der Waals surface area contributed by atoms with Crippen LogP contribution in [0.1, 0.15) is 115 Å². The molecule has 0 bridgehead atoms. The molecule has 36 N–H and O–H groups in total. The lowest BCUT2D eigenvalue weighted by atomic mass is 10.0. The highest BCUT2D eigenvalue weighted by Gasteiger charge is 2.41. The summed E-state index contributed by atoms with van der Waals surface area (Å²) in [6, 6.07) is 0.645. The molecule has 13 atom stereocenters. The van der Waals surface area contributed by atoms with Crippen LogP contribution in [0, 0.1) is 10.8 Å². The Morgan fingerprint density at radius 1 is 0.401 bits per heavy atom. The maximum Gasteiger partial charge on any atom is 0.246 e. The van der Waals surface area contributed by atoms with Crippen LogP contribution in [0.2, 0.25) is 0 Å². The molecule has 20 amide bonds. The number of ether oxygens (including phenoxy) is 6. The first-order valence-electron chi connectivity index (χ1n) is 48.0. The molecule has 1 saturated heterocycles. The number of aliphatic hydroxyl groups is 2. The number of imide groups is 1. The number of rotatable bonds is 80. The van der Waals surface area contributed by atoms with Crippen molar-refractivity contribution in [3.05, 3.63) is 71.8 Å². The van der Waals surface area contributed by atoms with E-state index in [2.05, 4.69) is 95.7 Å². The minimum absolute atomic E-state index is 0.00710. The molecule has 1 aliphatic rings. The Labute approximate surface area is 854 Å². The summed E-state index contributed by atoms with van der Waals surface area (Å²) < 4.78 is 31.6. The van der Waals surface area contributed by atoms with E-state index < -0.39 is 228 Å². The van der Waals surface area contributed by atoms with E-state index >= 15 is 0 Å². The lowest BCUT2D eigenvalue weighted by Crippen LogP contribution is -2.60. The van der Waals surface area contributed by atoms with E-state index in [0.29, 0.717) is 18.4 Å². The number of amides is 20. The van der Waals surface area contributed by atoms with Gasteiger partial charge in [0.05, 0.1) is 103 Å². The third-order valence-corrected chi connectivity index (χ3v) is 22.6. The third-order valence-electron chi connectivity index (χ3n) is 21.3. The number of hydrogen-bond acceptors (Lipinski definition) is 34. The predicted molar refractivity (Wildman–Crippen MR) is 530 cm³/mol. The van der Waals surface area contributed by atoms with Gasteiger partial charge >= 0.3 is 0 Å². The zero-order chi connectivity index (χ0) is 109. The van der Waals surface area contributed by atoms with Gasteiger partial charge in [0.25, 0.3) is 0 Å². The molecule has 0 radical (unpaired) electrons. The molecule has 822 valence electrons. The van der Waals surface area contributed by atoms with Crippen LogP contribution in [0.3, 0.4) is 0 Å². The average molecular weight is 2100 g/mol. The van der Waals surface area contributed by atoms with Crippen molar-refractivity contribution in [2.75, 3.05) is 164 Å². The fraction of sp³-hybridized carbons (Fsp3) is 0.622. The summed E-state index contributed by atoms with van der Waals surface area (Å²) in [5.41, 5.74) is 40.6. The topological polar surface area (TPSA) is 887 Å². The number of nitrogens with two attached hydrogens (primary N) is 7. The Morgan fingerprint density at radius 2 is 0.803 bits per heavy atom. The SMILES string of the molecule is C[C@H](NC(=O)CNC(=O)[C@@H](NC(=O)[C@H](Cc1ccccc1)NC(=O)CNC(=O)CNC(=O)[C@@H](N)Cc1ccccc1)[C@@H](C)O)C(=O)N[C@@H](CCCNC(=N)N)C(=O)N[C@@H](CCCCN)C(=O)N[C@@H](CO)C(=O)N[C@@H](C)C(=O)N[C@@H](CCCNC(=N)N)C(=O)N[C@@H](CCCCN)C(=O)N[C@@H](CSC1CC(=O)N(CCCC(=O)NCCOCCOCC(=O)NCCOCCOCC(=O)NCCOCCOCC(N)=O)C1=O)C(N)=O. The molecule has 56 nitrogen and oxygen atoms in total. The Hall–Kier alpha value is -13.5. The van der Waals surface area contributed by atoms with Crippen molar-refractivity contribution in [2.45, 2.75) is 195 Å². The molecule has 1 heterocycles. The number of nitrogens with zero attached hydrogens (tertiary/aromatic N) is 1. The van der Waals surface area contributed by atoms with Gasteiger partial charge in [0.2, 0.25) is 118 Å². The third kappa shape index (κ3) is 56.7. The maximum absolute atomic E-state index is 14.4. The van der Waals surface area contributed by atoms with Crippen LogP contribution in [0.25, 0.3) is 0 Å². The second kappa shape index (κ2) is 74.4. The number of likely N-dealkylation sites (tertiary alicyclic amines) is 1. The number of hydrogen-bond donors (Lipinski definition) is 29. The van der Waals surface area contributed by atoms with Crippen LogP contribution in [0.4, 0.5) is 0 Å². The molecule has 57 heteroatoms. The van der Waals surface area contributed by atoms with Crippen molar-refractivity contribution < 1.29 is 135 Å². The Morgan fingerprint density at radius 3 is 1.27 bits per heavy atom. The molecule has 0 aliphatic carbocycles. The summed E-state index contributed by atoms with van der Waals surface area (Å²) >= 11 is 0.852. The Kier molecular flexibility index (Phi) is 64.6. The highest BCUT2D eigenvalue weighted by molar-refractivity contribution is 8.00. The first kappa shape index (κ1) is 128. The zero-order valence-electron chi connectivity index (χ0n) is 83.0. The highest BCUT2D eigenvalue weighted by atomic mass is 32.2. The van der Waals surface area contributed by atoms with Gasteiger partial charge in [0.1, 0.15) is 80.2 Å². The highest BCUT2D eigenvalue weighted by Crippen LogP contribution is 2.27. The zero-order valence-corrected chi connectivity index (χ0v) is 83.8. The quantitative estimate of drug-likeness (QED) is 0.0127. The van der Waals surface area contributed by atoms with Gasteiger partial charge in [-0.2, -0.15) is 0 Å². The summed E-state index contributed by atoms with van der Waals surface area (Å²) in [5.74, 6) is -17.6. The van der Waals surface area contributed by atoms with E-state index in [4.69, 9.17) is 79.4 Å².